The van der Waals surface area contributed by atoms with Crippen molar-refractivity contribution in [3.05, 3.63) is 93.2 Å². The van der Waals surface area contributed by atoms with Crippen LogP contribution >= 0.6 is 0 Å². The Kier molecular flexibility index (Phi) is 6.28. The number of primary sulfonamides is 1. The van der Waals surface area contributed by atoms with E-state index in [-0.39, 0.29) is 4.90 Å². The molecule has 2 aromatic heterocycles. The Hall–Kier alpha value is -3.83. The Balaban J connectivity index is 0.000000254. The van der Waals surface area contributed by atoms with Gasteiger partial charge in [-0.2, -0.15) is 4.39 Å². The fourth-order valence-corrected chi connectivity index (χ4v) is 3.23. The number of nitrogens with one attached hydrogen (secondary N) is 2. The van der Waals surface area contributed by atoms with Gasteiger partial charge in [-0.3, -0.25) is 9.78 Å². The second-order valence-electron chi connectivity index (χ2n) is 6.32. The minimum atomic E-state index is -3.70. The van der Waals surface area contributed by atoms with E-state index in [1.165, 1.54) is 12.1 Å². The molecule has 4 N–H and O–H groups in total. The number of aromatic nitrogens is 3. The van der Waals surface area contributed by atoms with Crippen LogP contribution in [-0.4, -0.2) is 23.5 Å². The number of aromatic amines is 2. The summed E-state index contributed by atoms with van der Waals surface area (Å²) in [5.41, 5.74) is 1.61. The van der Waals surface area contributed by atoms with Gasteiger partial charge in [-0.25, -0.2) is 18.4 Å². The number of hydrogen-bond acceptors (Lipinski definition) is 6. The summed E-state index contributed by atoms with van der Waals surface area (Å²) in [5, 5.41) is 9.23. The molecule has 0 fully saturated rings. The van der Waals surface area contributed by atoms with Crippen LogP contribution in [0.15, 0.2) is 79.8 Å². The van der Waals surface area contributed by atoms with Gasteiger partial charge in [0.05, 0.1) is 10.5 Å². The van der Waals surface area contributed by atoms with Crippen molar-refractivity contribution in [3.8, 4) is 22.4 Å². The molecule has 160 valence electrons. The average Bonchev–Trinajstić information content (AvgIpc) is 3.13. The largest absolute Gasteiger partial charge is 0.360 e. The summed E-state index contributed by atoms with van der Waals surface area (Å²) in [4.78, 5) is 24.1. The van der Waals surface area contributed by atoms with Crippen LogP contribution in [-0.2, 0) is 10.0 Å². The Labute approximate surface area is 175 Å². The summed E-state index contributed by atoms with van der Waals surface area (Å²) in [6.45, 7) is 1.82. The molecule has 0 bridgehead atoms. The highest BCUT2D eigenvalue weighted by Gasteiger charge is 2.17. The molecule has 0 amide bonds. The van der Waals surface area contributed by atoms with E-state index in [4.69, 9.17) is 9.66 Å². The van der Waals surface area contributed by atoms with E-state index in [2.05, 4.69) is 5.16 Å². The fourth-order valence-electron chi connectivity index (χ4n) is 2.71. The third-order valence-corrected chi connectivity index (χ3v) is 5.08. The predicted molar refractivity (Wildman–Crippen MR) is 111 cm³/mol. The molecule has 11 heteroatoms. The summed E-state index contributed by atoms with van der Waals surface area (Å²) < 4.78 is 40.0. The molecule has 0 aliphatic carbocycles. The van der Waals surface area contributed by atoms with E-state index >= 15 is 0 Å². The maximum atomic E-state index is 12.0. The molecule has 2 aromatic carbocycles. The fraction of sp³-hybridized carbons (Fsp3) is 0.0500. The van der Waals surface area contributed by atoms with Crippen molar-refractivity contribution in [1.82, 2.24) is 15.1 Å². The van der Waals surface area contributed by atoms with Crippen molar-refractivity contribution >= 4 is 10.0 Å². The number of rotatable bonds is 3. The molecular formula is C20H17FN4O5S. The SMILES string of the molecule is Cc1onc(-c2ccccc2)c1-c1ccc(S(N)(=O)=O)cc1.O=c1[nH]cc(F)c(=O)[nH]1. The molecule has 4 aromatic rings. The quantitative estimate of drug-likeness (QED) is 0.440. The Morgan fingerprint density at radius 2 is 1.65 bits per heavy atom. The monoisotopic (exact) mass is 444 g/mol. The van der Waals surface area contributed by atoms with Crippen LogP contribution in [0.3, 0.4) is 0 Å². The molecule has 0 saturated carbocycles. The van der Waals surface area contributed by atoms with E-state index in [0.29, 0.717) is 12.0 Å². The van der Waals surface area contributed by atoms with E-state index in [9.17, 15) is 22.4 Å². The number of aryl methyl sites for hydroxylation is 1. The van der Waals surface area contributed by atoms with E-state index in [1.807, 2.05) is 42.2 Å². The highest BCUT2D eigenvalue weighted by molar-refractivity contribution is 7.89. The van der Waals surface area contributed by atoms with Crippen molar-refractivity contribution in [2.24, 2.45) is 5.14 Å². The standard InChI is InChI=1S/C16H14N2O3S.C4H3FN2O2/c1-11-15(12-7-9-14(10-8-12)22(17,19)20)16(18-21-11)13-5-3-2-4-6-13;5-2-1-6-4(9)7-3(2)8/h2-10H,1H3,(H2,17,19,20);1H,(H2,6,7,8,9). The second kappa shape index (κ2) is 8.90. The normalized spacial score (nSPS) is 10.9. The smallest absolute Gasteiger partial charge is 0.325 e. The molecule has 2 heterocycles. The summed E-state index contributed by atoms with van der Waals surface area (Å²) in [6, 6.07) is 16.0. The van der Waals surface area contributed by atoms with Crippen LogP contribution in [0.2, 0.25) is 0 Å². The average molecular weight is 444 g/mol. The highest BCUT2D eigenvalue weighted by atomic mass is 32.2. The molecule has 9 nitrogen and oxygen atoms in total. The van der Waals surface area contributed by atoms with Crippen LogP contribution in [0.25, 0.3) is 22.4 Å². The number of halogens is 1. The van der Waals surface area contributed by atoms with Crippen LogP contribution in [0, 0.1) is 12.7 Å². The Morgan fingerprint density at radius 3 is 2.19 bits per heavy atom. The molecule has 0 spiro atoms. The van der Waals surface area contributed by atoms with Gasteiger partial charge in [0.2, 0.25) is 15.8 Å². The van der Waals surface area contributed by atoms with Crippen LogP contribution < -0.4 is 16.4 Å². The highest BCUT2D eigenvalue weighted by Crippen LogP contribution is 2.34. The van der Waals surface area contributed by atoms with Gasteiger partial charge in [-0.05, 0) is 24.6 Å². The number of sulfonamides is 1. The first-order valence-corrected chi connectivity index (χ1v) is 10.3. The molecule has 0 aliphatic rings. The van der Waals surface area contributed by atoms with E-state index in [1.54, 1.807) is 17.1 Å². The Bertz CT molecular complexity index is 1410. The number of nitrogens with two attached hydrogens (primary N) is 1. The first kappa shape index (κ1) is 21.9. The number of hydrogen-bond donors (Lipinski definition) is 3. The molecule has 0 aliphatic heterocycles. The first-order chi connectivity index (χ1) is 14.7. The third-order valence-electron chi connectivity index (χ3n) is 4.16. The van der Waals surface area contributed by atoms with Crippen molar-refractivity contribution < 1.29 is 17.3 Å². The third kappa shape index (κ3) is 5.21. The molecule has 0 atom stereocenters. The number of benzene rings is 2. The van der Waals surface area contributed by atoms with Gasteiger partial charge in [0.1, 0.15) is 11.5 Å². The lowest BCUT2D eigenvalue weighted by atomic mass is 10.00. The lowest BCUT2D eigenvalue weighted by Crippen LogP contribution is -2.23. The zero-order valence-corrected chi connectivity index (χ0v) is 16.9. The van der Waals surface area contributed by atoms with Gasteiger partial charge in [0.15, 0.2) is 0 Å². The summed E-state index contributed by atoms with van der Waals surface area (Å²) in [5.74, 6) is -0.322. The van der Waals surface area contributed by atoms with Crippen molar-refractivity contribution in [2.75, 3.05) is 0 Å². The van der Waals surface area contributed by atoms with Crippen LogP contribution in [0.5, 0.6) is 0 Å². The van der Waals surface area contributed by atoms with Gasteiger partial charge >= 0.3 is 5.69 Å². The van der Waals surface area contributed by atoms with E-state index in [0.717, 1.165) is 22.4 Å². The van der Waals surface area contributed by atoms with Gasteiger partial charge in [-0.1, -0.05) is 47.6 Å². The van der Waals surface area contributed by atoms with Crippen molar-refractivity contribution in [2.45, 2.75) is 11.8 Å². The van der Waals surface area contributed by atoms with Gasteiger partial charge < -0.3 is 9.51 Å². The van der Waals surface area contributed by atoms with Gasteiger partial charge in [0, 0.05) is 11.8 Å². The topological polar surface area (TPSA) is 152 Å². The molecular weight excluding hydrogens is 427 g/mol. The number of H-pyrrole nitrogens is 2. The van der Waals surface area contributed by atoms with Crippen LogP contribution in [0.1, 0.15) is 5.76 Å². The first-order valence-electron chi connectivity index (χ1n) is 8.79. The molecule has 31 heavy (non-hydrogen) atoms. The van der Waals surface area contributed by atoms with Crippen molar-refractivity contribution in [3.63, 3.8) is 0 Å². The minimum Gasteiger partial charge on any atom is -0.360 e. The summed E-state index contributed by atoms with van der Waals surface area (Å²) in [6.07, 6.45) is 0.709. The molecule has 0 unspecified atom stereocenters. The van der Waals surface area contributed by atoms with E-state index < -0.39 is 27.1 Å². The zero-order chi connectivity index (χ0) is 22.6. The van der Waals surface area contributed by atoms with Crippen molar-refractivity contribution in [1.29, 1.82) is 0 Å². The van der Waals surface area contributed by atoms with Gasteiger partial charge in [-0.15, -0.1) is 0 Å². The second-order valence-corrected chi connectivity index (χ2v) is 7.88. The lowest BCUT2D eigenvalue weighted by Gasteiger charge is -2.04. The molecule has 0 radical (unpaired) electrons. The van der Waals surface area contributed by atoms with Crippen LogP contribution in [0.4, 0.5) is 4.39 Å². The number of nitrogens with zero attached hydrogens (tertiary/aromatic N) is 1. The Morgan fingerprint density at radius 1 is 1.00 bits per heavy atom. The maximum absolute atomic E-state index is 12.0. The minimum absolute atomic E-state index is 0.0756. The van der Waals surface area contributed by atoms with Gasteiger partial charge in [0.25, 0.3) is 5.56 Å². The zero-order valence-electron chi connectivity index (χ0n) is 16.1. The lowest BCUT2D eigenvalue weighted by molar-refractivity contribution is 0.400. The molecule has 4 rings (SSSR count). The summed E-state index contributed by atoms with van der Waals surface area (Å²) in [7, 11) is -3.70. The summed E-state index contributed by atoms with van der Waals surface area (Å²) >= 11 is 0. The molecule has 0 saturated heterocycles. The maximum Gasteiger partial charge on any atom is 0.325 e. The predicted octanol–water partition coefficient (Wildman–Crippen LogP) is 2.17.